The van der Waals surface area contributed by atoms with Crippen LogP contribution >= 0.6 is 11.8 Å². The Balaban J connectivity index is 1.57. The van der Waals surface area contributed by atoms with Crippen LogP contribution < -0.4 is 14.8 Å². The molecule has 0 atom stereocenters. The number of aromatic nitrogens is 2. The summed E-state index contributed by atoms with van der Waals surface area (Å²) in [7, 11) is 0. The van der Waals surface area contributed by atoms with Crippen molar-refractivity contribution in [2.24, 2.45) is 0 Å². The molecular weight excluding hydrogens is 370 g/mol. The van der Waals surface area contributed by atoms with Crippen LogP contribution in [0.4, 0.5) is 5.69 Å². The number of furan rings is 1. The van der Waals surface area contributed by atoms with Crippen molar-refractivity contribution >= 4 is 23.4 Å². The number of ether oxygens (including phenoxy) is 2. The Labute approximate surface area is 160 Å². The van der Waals surface area contributed by atoms with Crippen molar-refractivity contribution in [1.29, 1.82) is 0 Å². The van der Waals surface area contributed by atoms with Crippen LogP contribution in [-0.2, 0) is 4.79 Å². The molecule has 27 heavy (non-hydrogen) atoms. The first-order chi connectivity index (χ1) is 13.2. The minimum absolute atomic E-state index is 0.122. The number of anilines is 1. The minimum Gasteiger partial charge on any atom is -0.490 e. The van der Waals surface area contributed by atoms with Crippen LogP contribution in [0.3, 0.4) is 0 Å². The molecule has 1 amide bonds. The maximum Gasteiger partial charge on any atom is 0.284 e. The molecule has 3 aromatic rings. The molecule has 0 unspecified atom stereocenters. The van der Waals surface area contributed by atoms with E-state index < -0.39 is 0 Å². The van der Waals surface area contributed by atoms with Crippen molar-refractivity contribution in [1.82, 2.24) is 10.2 Å². The molecule has 0 radical (unpaired) electrons. The van der Waals surface area contributed by atoms with Crippen LogP contribution in [0.25, 0.3) is 11.7 Å². The molecule has 1 aromatic carbocycles. The Kier molecular flexibility index (Phi) is 6.37. The zero-order valence-electron chi connectivity index (χ0n) is 14.9. The highest BCUT2D eigenvalue weighted by molar-refractivity contribution is 7.99. The summed E-state index contributed by atoms with van der Waals surface area (Å²) in [5, 5.41) is 10.9. The maximum absolute atomic E-state index is 12.2. The van der Waals surface area contributed by atoms with Gasteiger partial charge in [-0.25, -0.2) is 0 Å². The highest BCUT2D eigenvalue weighted by atomic mass is 32.2. The Morgan fingerprint density at radius 2 is 1.96 bits per heavy atom. The van der Waals surface area contributed by atoms with Gasteiger partial charge in [-0.3, -0.25) is 4.79 Å². The molecule has 0 aliphatic heterocycles. The second kappa shape index (κ2) is 9.13. The average Bonchev–Trinajstić information content (AvgIpc) is 3.34. The van der Waals surface area contributed by atoms with Gasteiger partial charge in [-0.05, 0) is 38.1 Å². The van der Waals surface area contributed by atoms with E-state index in [1.54, 1.807) is 30.3 Å². The molecule has 0 spiro atoms. The molecule has 8 nitrogen and oxygen atoms in total. The number of amides is 1. The third-order valence-corrected chi connectivity index (χ3v) is 4.11. The van der Waals surface area contributed by atoms with Gasteiger partial charge < -0.3 is 23.6 Å². The molecule has 0 fully saturated rings. The van der Waals surface area contributed by atoms with Crippen molar-refractivity contribution in [3.63, 3.8) is 0 Å². The van der Waals surface area contributed by atoms with Gasteiger partial charge in [0.1, 0.15) is 0 Å². The van der Waals surface area contributed by atoms with E-state index in [1.165, 1.54) is 6.26 Å². The average molecular weight is 389 g/mol. The van der Waals surface area contributed by atoms with Gasteiger partial charge in [0.15, 0.2) is 17.3 Å². The van der Waals surface area contributed by atoms with E-state index >= 15 is 0 Å². The van der Waals surface area contributed by atoms with Crippen molar-refractivity contribution in [2.75, 3.05) is 24.3 Å². The second-order valence-electron chi connectivity index (χ2n) is 5.21. The van der Waals surface area contributed by atoms with Crippen molar-refractivity contribution in [3.05, 3.63) is 36.6 Å². The standard InChI is InChI=1S/C18H19N3O5S/c1-3-23-13-8-7-12(10-15(13)24-4-2)19-16(22)11-27-18-21-20-17(26-18)14-6-5-9-25-14/h5-10H,3-4,11H2,1-2H3,(H,19,22). The monoisotopic (exact) mass is 389 g/mol. The first-order valence-electron chi connectivity index (χ1n) is 8.39. The SMILES string of the molecule is CCOc1ccc(NC(=O)CSc2nnc(-c3ccco3)o2)cc1OCC. The van der Waals surface area contributed by atoms with Crippen LogP contribution in [0.15, 0.2) is 50.7 Å². The van der Waals surface area contributed by atoms with Gasteiger partial charge in [0, 0.05) is 11.8 Å². The van der Waals surface area contributed by atoms with Crippen LogP contribution in [0, 0.1) is 0 Å². The predicted octanol–water partition coefficient (Wildman–Crippen LogP) is 3.86. The Hall–Kier alpha value is -2.94. The summed E-state index contributed by atoms with van der Waals surface area (Å²) in [4.78, 5) is 12.2. The molecular formula is C18H19N3O5S. The lowest BCUT2D eigenvalue weighted by Gasteiger charge is -2.12. The summed E-state index contributed by atoms with van der Waals surface area (Å²) in [6, 6.07) is 8.71. The molecule has 0 saturated carbocycles. The van der Waals surface area contributed by atoms with Crippen molar-refractivity contribution in [3.8, 4) is 23.1 Å². The summed E-state index contributed by atoms with van der Waals surface area (Å²) in [5.74, 6) is 1.90. The molecule has 0 bridgehead atoms. The molecule has 0 aliphatic rings. The van der Waals surface area contributed by atoms with Gasteiger partial charge in [-0.1, -0.05) is 11.8 Å². The van der Waals surface area contributed by atoms with Crippen LogP contribution in [0.2, 0.25) is 0 Å². The highest BCUT2D eigenvalue weighted by Crippen LogP contribution is 2.31. The van der Waals surface area contributed by atoms with E-state index in [-0.39, 0.29) is 17.6 Å². The van der Waals surface area contributed by atoms with Crippen LogP contribution in [0.5, 0.6) is 11.5 Å². The van der Waals surface area contributed by atoms with Gasteiger partial charge in [0.2, 0.25) is 5.91 Å². The van der Waals surface area contributed by atoms with Gasteiger partial charge in [0.25, 0.3) is 11.1 Å². The van der Waals surface area contributed by atoms with Crippen LogP contribution in [-0.4, -0.2) is 35.1 Å². The number of hydrogen-bond acceptors (Lipinski definition) is 8. The van der Waals surface area contributed by atoms with Gasteiger partial charge in [0.05, 0.1) is 25.2 Å². The minimum atomic E-state index is -0.204. The van der Waals surface area contributed by atoms with Crippen molar-refractivity contribution < 1.29 is 23.1 Å². The zero-order chi connectivity index (χ0) is 19.1. The fourth-order valence-electron chi connectivity index (χ4n) is 2.22. The molecule has 142 valence electrons. The number of nitrogens with one attached hydrogen (secondary N) is 1. The summed E-state index contributed by atoms with van der Waals surface area (Å²) in [5.41, 5.74) is 0.620. The lowest BCUT2D eigenvalue weighted by molar-refractivity contribution is -0.113. The number of carbonyl (C=O) groups is 1. The third-order valence-electron chi connectivity index (χ3n) is 3.29. The highest BCUT2D eigenvalue weighted by Gasteiger charge is 2.14. The maximum atomic E-state index is 12.2. The van der Waals surface area contributed by atoms with E-state index in [0.29, 0.717) is 41.4 Å². The first-order valence-corrected chi connectivity index (χ1v) is 9.37. The number of benzene rings is 1. The molecule has 2 aromatic heterocycles. The number of hydrogen-bond donors (Lipinski definition) is 1. The van der Waals surface area contributed by atoms with E-state index in [2.05, 4.69) is 15.5 Å². The third kappa shape index (κ3) is 5.04. The summed E-state index contributed by atoms with van der Waals surface area (Å²) >= 11 is 1.14. The van der Waals surface area contributed by atoms with E-state index in [1.807, 2.05) is 13.8 Å². The zero-order valence-corrected chi connectivity index (χ0v) is 15.7. The summed E-state index contributed by atoms with van der Waals surface area (Å²) in [6.45, 7) is 4.82. The molecule has 3 rings (SSSR count). The fraction of sp³-hybridized carbons (Fsp3) is 0.278. The quantitative estimate of drug-likeness (QED) is 0.551. The molecule has 0 saturated heterocycles. The lowest BCUT2D eigenvalue weighted by atomic mass is 10.2. The predicted molar refractivity (Wildman–Crippen MR) is 100 cm³/mol. The van der Waals surface area contributed by atoms with Crippen LogP contribution in [0.1, 0.15) is 13.8 Å². The molecule has 1 N–H and O–H groups in total. The summed E-state index contributed by atoms with van der Waals surface area (Å²) < 4.78 is 21.7. The smallest absolute Gasteiger partial charge is 0.284 e. The van der Waals surface area contributed by atoms with E-state index in [9.17, 15) is 4.79 Å². The number of rotatable bonds is 9. The molecule has 2 heterocycles. The Morgan fingerprint density at radius 1 is 1.15 bits per heavy atom. The number of carbonyl (C=O) groups excluding carboxylic acids is 1. The van der Waals surface area contributed by atoms with Gasteiger partial charge >= 0.3 is 0 Å². The lowest BCUT2D eigenvalue weighted by Crippen LogP contribution is -2.14. The Bertz CT molecular complexity index is 879. The second-order valence-corrected chi connectivity index (χ2v) is 6.14. The van der Waals surface area contributed by atoms with Gasteiger partial charge in [-0.15, -0.1) is 10.2 Å². The largest absolute Gasteiger partial charge is 0.490 e. The topological polar surface area (TPSA) is 99.6 Å². The Morgan fingerprint density at radius 3 is 2.70 bits per heavy atom. The number of thioether (sulfide) groups is 1. The van der Waals surface area contributed by atoms with E-state index in [0.717, 1.165) is 11.8 Å². The first kappa shape index (κ1) is 18.8. The fourth-order valence-corrected chi connectivity index (χ4v) is 2.78. The van der Waals surface area contributed by atoms with Gasteiger partial charge in [-0.2, -0.15) is 0 Å². The van der Waals surface area contributed by atoms with Crippen molar-refractivity contribution in [2.45, 2.75) is 19.1 Å². The van der Waals surface area contributed by atoms with E-state index in [4.69, 9.17) is 18.3 Å². The molecule has 9 heteroatoms. The molecule has 0 aliphatic carbocycles. The normalized spacial score (nSPS) is 10.6. The summed E-state index contributed by atoms with van der Waals surface area (Å²) in [6.07, 6.45) is 1.52. The number of nitrogens with zero attached hydrogens (tertiary/aromatic N) is 2.